The average Bonchev–Trinajstić information content (AvgIpc) is 2.98. The number of sulfonamides is 2. The molecule has 0 aromatic heterocycles. The largest absolute Gasteiger partial charge is 0.322 e. The molecule has 8 nitrogen and oxygen atoms in total. The Morgan fingerprint density at radius 3 is 2.12 bits per heavy atom. The van der Waals surface area contributed by atoms with Crippen LogP contribution in [0.5, 0.6) is 0 Å². The van der Waals surface area contributed by atoms with Crippen LogP contribution in [0.25, 0.3) is 10.8 Å². The lowest BCUT2D eigenvalue weighted by atomic mass is 10.1. The van der Waals surface area contributed by atoms with Gasteiger partial charge in [0.1, 0.15) is 0 Å². The molecule has 2 N–H and O–H groups in total. The summed E-state index contributed by atoms with van der Waals surface area (Å²) in [5.74, 6) is -0.422. The van der Waals surface area contributed by atoms with Gasteiger partial charge in [-0.15, -0.1) is 0 Å². The van der Waals surface area contributed by atoms with Crippen LogP contribution in [0, 0.1) is 0 Å². The minimum Gasteiger partial charge on any atom is -0.322 e. The van der Waals surface area contributed by atoms with Gasteiger partial charge in [-0.2, -0.15) is 0 Å². The van der Waals surface area contributed by atoms with E-state index in [1.165, 1.54) is 24.3 Å². The number of nitrogens with zero attached hydrogens (tertiary/aromatic N) is 1. The molecule has 0 aliphatic carbocycles. The molecular formula is C31H25Cl2N3O5S2. The summed E-state index contributed by atoms with van der Waals surface area (Å²) in [6, 6.07) is 29.8. The molecule has 0 atom stereocenters. The number of hydrogen-bond donors (Lipinski definition) is 2. The third-order valence-electron chi connectivity index (χ3n) is 6.60. The smallest absolute Gasteiger partial charge is 0.261 e. The van der Waals surface area contributed by atoms with Gasteiger partial charge in [-0.25, -0.2) is 16.8 Å². The number of amides is 1. The molecule has 0 fully saturated rings. The van der Waals surface area contributed by atoms with Crippen LogP contribution in [0.4, 0.5) is 17.1 Å². The van der Waals surface area contributed by atoms with E-state index in [2.05, 4.69) is 10.0 Å². The number of carbonyl (C=O) groups excluding carboxylic acids is 1. The summed E-state index contributed by atoms with van der Waals surface area (Å²) in [7, 11) is -7.58. The third kappa shape index (κ3) is 6.94. The molecule has 1 amide bonds. The molecular weight excluding hydrogens is 629 g/mol. The van der Waals surface area contributed by atoms with Crippen LogP contribution in [0.1, 0.15) is 15.9 Å². The van der Waals surface area contributed by atoms with Gasteiger partial charge >= 0.3 is 0 Å². The van der Waals surface area contributed by atoms with E-state index in [0.717, 1.165) is 21.3 Å². The predicted molar refractivity (Wildman–Crippen MR) is 173 cm³/mol. The van der Waals surface area contributed by atoms with Crippen molar-refractivity contribution in [2.24, 2.45) is 0 Å². The summed E-state index contributed by atoms with van der Waals surface area (Å²) < 4.78 is 54.9. The molecule has 0 aliphatic heterocycles. The van der Waals surface area contributed by atoms with Gasteiger partial charge in [0.15, 0.2) is 0 Å². The van der Waals surface area contributed by atoms with Gasteiger partial charge in [-0.3, -0.25) is 13.8 Å². The van der Waals surface area contributed by atoms with Crippen molar-refractivity contribution in [2.45, 2.75) is 11.4 Å². The Balaban J connectivity index is 1.27. The lowest BCUT2D eigenvalue weighted by Gasteiger charge is -2.24. The number of hydrogen-bond acceptors (Lipinski definition) is 5. The van der Waals surface area contributed by atoms with Crippen molar-refractivity contribution in [3.8, 4) is 0 Å². The minimum absolute atomic E-state index is 0.0243. The minimum atomic E-state index is -3.88. The van der Waals surface area contributed by atoms with E-state index in [4.69, 9.17) is 23.2 Å². The predicted octanol–water partition coefficient (Wildman–Crippen LogP) is 7.17. The lowest BCUT2D eigenvalue weighted by molar-refractivity contribution is 0.102. The molecule has 0 heterocycles. The molecule has 220 valence electrons. The normalized spacial score (nSPS) is 11.7. The van der Waals surface area contributed by atoms with E-state index < -0.39 is 26.0 Å². The molecule has 0 radical (unpaired) electrons. The van der Waals surface area contributed by atoms with Crippen molar-refractivity contribution in [1.29, 1.82) is 0 Å². The lowest BCUT2D eigenvalue weighted by Crippen LogP contribution is -2.29. The number of carbonyl (C=O) groups is 1. The fourth-order valence-electron chi connectivity index (χ4n) is 4.43. The van der Waals surface area contributed by atoms with Crippen LogP contribution in [0.2, 0.25) is 10.0 Å². The number of rotatable bonds is 9. The van der Waals surface area contributed by atoms with E-state index in [9.17, 15) is 21.6 Å². The fraction of sp³-hybridized carbons (Fsp3) is 0.0645. The van der Waals surface area contributed by atoms with E-state index in [0.29, 0.717) is 22.5 Å². The van der Waals surface area contributed by atoms with Gasteiger partial charge in [0, 0.05) is 16.6 Å². The second-order valence-corrected chi connectivity index (χ2v) is 14.0. The molecule has 5 aromatic carbocycles. The molecule has 0 unspecified atom stereocenters. The number of nitrogens with one attached hydrogen (secondary N) is 2. The molecule has 0 saturated heterocycles. The molecule has 5 rings (SSSR count). The first-order valence-electron chi connectivity index (χ1n) is 12.8. The second-order valence-electron chi connectivity index (χ2n) is 9.65. The molecule has 0 bridgehead atoms. The highest BCUT2D eigenvalue weighted by Gasteiger charge is 2.22. The molecule has 0 spiro atoms. The van der Waals surface area contributed by atoms with Crippen LogP contribution in [0.15, 0.2) is 114 Å². The molecule has 0 saturated carbocycles. The number of anilines is 3. The Labute approximate surface area is 260 Å². The van der Waals surface area contributed by atoms with Crippen LogP contribution in [-0.2, 0) is 26.6 Å². The molecule has 5 aromatic rings. The van der Waals surface area contributed by atoms with Gasteiger partial charge in [0.05, 0.1) is 39.1 Å². The maximum atomic E-state index is 13.0. The van der Waals surface area contributed by atoms with E-state index >= 15 is 0 Å². The van der Waals surface area contributed by atoms with Crippen LogP contribution >= 0.6 is 23.2 Å². The zero-order chi connectivity index (χ0) is 30.8. The van der Waals surface area contributed by atoms with Gasteiger partial charge in [-0.1, -0.05) is 77.8 Å². The summed E-state index contributed by atoms with van der Waals surface area (Å²) >= 11 is 12.4. The van der Waals surface area contributed by atoms with Gasteiger partial charge in [-0.05, 0) is 65.5 Å². The SMILES string of the molecule is CS(=O)(=O)N(Cc1ccc(C(=O)Nc2ccc(S(=O)(=O)Nc3cccc4ccccc34)cc2)cc1)c1cccc(Cl)c1Cl. The highest BCUT2D eigenvalue weighted by Crippen LogP contribution is 2.34. The summed E-state index contributed by atoms with van der Waals surface area (Å²) in [6.45, 7) is -0.0243. The standard InChI is InChI=1S/C31H25Cl2N3O5S2/c1-42(38,39)36(29-11-5-9-27(32)30(29)33)20-21-12-14-23(15-13-21)31(37)34-24-16-18-25(19-17-24)43(40,41)35-28-10-4-7-22-6-2-3-8-26(22)28/h2-19,35H,20H2,1H3,(H,34,37). The molecule has 43 heavy (non-hydrogen) atoms. The Hall–Kier alpha value is -4.09. The summed E-state index contributed by atoms with van der Waals surface area (Å²) in [4.78, 5) is 12.9. The maximum absolute atomic E-state index is 13.0. The number of benzene rings is 5. The fourth-order valence-corrected chi connectivity index (χ4v) is 6.85. The molecule has 0 aliphatic rings. The number of halogens is 2. The van der Waals surface area contributed by atoms with Crippen molar-refractivity contribution in [2.75, 3.05) is 20.6 Å². The van der Waals surface area contributed by atoms with Crippen LogP contribution < -0.4 is 14.3 Å². The second kappa shape index (κ2) is 12.3. The monoisotopic (exact) mass is 653 g/mol. The Kier molecular flexibility index (Phi) is 8.66. The first-order chi connectivity index (χ1) is 20.4. The van der Waals surface area contributed by atoms with Crippen LogP contribution in [0.3, 0.4) is 0 Å². The average molecular weight is 655 g/mol. The van der Waals surface area contributed by atoms with Crippen molar-refractivity contribution in [3.63, 3.8) is 0 Å². The summed E-state index contributed by atoms with van der Waals surface area (Å²) in [6.07, 6.45) is 1.07. The van der Waals surface area contributed by atoms with Gasteiger partial charge in [0.2, 0.25) is 10.0 Å². The van der Waals surface area contributed by atoms with E-state index in [-0.39, 0.29) is 27.2 Å². The van der Waals surface area contributed by atoms with Crippen molar-refractivity contribution in [1.82, 2.24) is 0 Å². The van der Waals surface area contributed by atoms with Crippen molar-refractivity contribution < 1.29 is 21.6 Å². The highest BCUT2D eigenvalue weighted by atomic mass is 35.5. The van der Waals surface area contributed by atoms with Crippen molar-refractivity contribution in [3.05, 3.63) is 130 Å². The number of fused-ring (bicyclic) bond motifs is 1. The zero-order valence-corrected chi connectivity index (χ0v) is 25.8. The van der Waals surface area contributed by atoms with Gasteiger partial charge < -0.3 is 5.32 Å². The van der Waals surface area contributed by atoms with Gasteiger partial charge in [0.25, 0.3) is 15.9 Å². The van der Waals surface area contributed by atoms with E-state index in [1.54, 1.807) is 54.6 Å². The maximum Gasteiger partial charge on any atom is 0.261 e. The molecule has 12 heteroatoms. The zero-order valence-electron chi connectivity index (χ0n) is 22.7. The summed E-state index contributed by atoms with van der Waals surface area (Å²) in [5.41, 5.74) is 2.05. The van der Waals surface area contributed by atoms with Crippen LogP contribution in [-0.4, -0.2) is 29.0 Å². The first kappa shape index (κ1) is 30.4. The van der Waals surface area contributed by atoms with E-state index in [1.807, 2.05) is 30.3 Å². The first-order valence-corrected chi connectivity index (χ1v) is 16.9. The topological polar surface area (TPSA) is 113 Å². The quantitative estimate of drug-likeness (QED) is 0.175. The Morgan fingerprint density at radius 2 is 1.42 bits per heavy atom. The Morgan fingerprint density at radius 1 is 0.767 bits per heavy atom. The summed E-state index contributed by atoms with van der Waals surface area (Å²) in [5, 5.41) is 4.78. The highest BCUT2D eigenvalue weighted by molar-refractivity contribution is 7.92. The van der Waals surface area contributed by atoms with Crippen molar-refractivity contribution >= 4 is 77.0 Å². The third-order valence-corrected chi connectivity index (χ3v) is 9.92. The Bertz CT molecular complexity index is 2030.